The minimum atomic E-state index is 0.0810. The van der Waals surface area contributed by atoms with Crippen LogP contribution in [0, 0.1) is 0 Å². The molecule has 76 valence electrons. The second-order valence-electron chi connectivity index (χ2n) is 3.70. The maximum absolute atomic E-state index is 11.7. The van der Waals surface area contributed by atoms with Gasteiger partial charge in [-0.05, 0) is 19.4 Å². The summed E-state index contributed by atoms with van der Waals surface area (Å²) in [6.07, 6.45) is 4.46. The minimum Gasteiger partial charge on any atom is -0.314 e. The molecule has 0 aromatic carbocycles. The lowest BCUT2D eigenvalue weighted by molar-refractivity contribution is 0.0966. The van der Waals surface area contributed by atoms with Crippen molar-refractivity contribution in [1.29, 1.82) is 0 Å². The summed E-state index contributed by atoms with van der Waals surface area (Å²) in [7, 11) is 1.76. The normalized spacial score (nSPS) is 21.4. The van der Waals surface area contributed by atoms with Crippen LogP contribution in [0.5, 0.6) is 0 Å². The molecule has 1 atom stereocenters. The number of carbonyl (C=O) groups excluding carboxylic acids is 1. The number of nitrogens with zero attached hydrogens (tertiary/aromatic N) is 3. The van der Waals surface area contributed by atoms with Crippen LogP contribution in [0.15, 0.2) is 6.20 Å². The summed E-state index contributed by atoms with van der Waals surface area (Å²) < 4.78 is 1.55. The highest BCUT2D eigenvalue weighted by Gasteiger charge is 2.19. The van der Waals surface area contributed by atoms with Crippen molar-refractivity contribution in [2.75, 3.05) is 6.54 Å². The fraction of sp³-hybridized carbons (Fsp3) is 0.667. The number of ketones is 1. The lowest BCUT2D eigenvalue weighted by atomic mass is 10.1. The van der Waals surface area contributed by atoms with Crippen LogP contribution in [0.3, 0.4) is 0 Å². The molecule has 1 unspecified atom stereocenters. The van der Waals surface area contributed by atoms with Crippen LogP contribution in [0.2, 0.25) is 0 Å². The van der Waals surface area contributed by atoms with Gasteiger partial charge in [0.2, 0.25) is 0 Å². The quantitative estimate of drug-likeness (QED) is 0.695. The fourth-order valence-corrected chi connectivity index (χ4v) is 1.73. The minimum absolute atomic E-state index is 0.0810. The largest absolute Gasteiger partial charge is 0.314 e. The SMILES string of the molecule is Cn1cc(C(=O)CC2CCCN2)nn1. The molecule has 0 saturated carbocycles. The molecule has 2 heterocycles. The molecule has 1 saturated heterocycles. The Morgan fingerprint density at radius 2 is 2.64 bits per heavy atom. The van der Waals surface area contributed by atoms with Gasteiger partial charge in [0.05, 0.1) is 6.20 Å². The molecule has 1 aromatic rings. The predicted molar refractivity (Wildman–Crippen MR) is 51.0 cm³/mol. The molecule has 1 N–H and O–H groups in total. The van der Waals surface area contributed by atoms with E-state index < -0.39 is 0 Å². The number of hydrogen-bond acceptors (Lipinski definition) is 4. The number of aryl methyl sites for hydroxylation is 1. The first-order valence-electron chi connectivity index (χ1n) is 4.88. The molecule has 1 aromatic heterocycles. The van der Waals surface area contributed by atoms with Crippen molar-refractivity contribution in [3.8, 4) is 0 Å². The van der Waals surface area contributed by atoms with Crippen LogP contribution < -0.4 is 5.32 Å². The van der Waals surface area contributed by atoms with Crippen molar-refractivity contribution in [3.05, 3.63) is 11.9 Å². The van der Waals surface area contributed by atoms with E-state index in [4.69, 9.17) is 0 Å². The van der Waals surface area contributed by atoms with Gasteiger partial charge in [-0.1, -0.05) is 5.21 Å². The van der Waals surface area contributed by atoms with Crippen molar-refractivity contribution in [2.45, 2.75) is 25.3 Å². The number of nitrogens with one attached hydrogen (secondary N) is 1. The van der Waals surface area contributed by atoms with E-state index in [2.05, 4.69) is 15.6 Å². The van der Waals surface area contributed by atoms with Crippen molar-refractivity contribution in [2.24, 2.45) is 7.05 Å². The molecule has 1 fully saturated rings. The first-order valence-corrected chi connectivity index (χ1v) is 4.88. The van der Waals surface area contributed by atoms with E-state index in [9.17, 15) is 4.79 Å². The monoisotopic (exact) mass is 194 g/mol. The third-order valence-corrected chi connectivity index (χ3v) is 2.48. The molecule has 14 heavy (non-hydrogen) atoms. The maximum Gasteiger partial charge on any atom is 0.186 e. The van der Waals surface area contributed by atoms with Crippen molar-refractivity contribution >= 4 is 5.78 Å². The lowest BCUT2D eigenvalue weighted by Gasteiger charge is -2.06. The van der Waals surface area contributed by atoms with Gasteiger partial charge in [0.25, 0.3) is 0 Å². The van der Waals surface area contributed by atoms with Crippen molar-refractivity contribution < 1.29 is 4.79 Å². The van der Waals surface area contributed by atoms with Crippen LogP contribution >= 0.6 is 0 Å². The van der Waals surface area contributed by atoms with E-state index in [1.54, 1.807) is 17.9 Å². The number of aromatic nitrogens is 3. The van der Waals surface area contributed by atoms with E-state index in [-0.39, 0.29) is 5.78 Å². The Morgan fingerprint density at radius 1 is 1.79 bits per heavy atom. The first kappa shape index (κ1) is 9.33. The van der Waals surface area contributed by atoms with Gasteiger partial charge in [0.1, 0.15) is 5.69 Å². The Bertz CT molecular complexity index is 327. The molecule has 0 radical (unpaired) electrons. The molecule has 2 rings (SSSR count). The lowest BCUT2D eigenvalue weighted by Crippen LogP contribution is -2.24. The highest BCUT2D eigenvalue weighted by Crippen LogP contribution is 2.11. The van der Waals surface area contributed by atoms with Gasteiger partial charge in [-0.3, -0.25) is 9.48 Å². The Balaban J connectivity index is 1.95. The molecule has 0 bridgehead atoms. The van der Waals surface area contributed by atoms with E-state index in [0.29, 0.717) is 18.2 Å². The van der Waals surface area contributed by atoms with Gasteiger partial charge in [-0.15, -0.1) is 5.10 Å². The summed E-state index contributed by atoms with van der Waals surface area (Å²) in [5, 5.41) is 10.8. The van der Waals surface area contributed by atoms with Gasteiger partial charge in [-0.2, -0.15) is 0 Å². The third kappa shape index (κ3) is 1.98. The molecule has 0 aliphatic carbocycles. The smallest absolute Gasteiger partial charge is 0.186 e. The van der Waals surface area contributed by atoms with Crippen LogP contribution in [-0.4, -0.2) is 33.4 Å². The number of hydrogen-bond donors (Lipinski definition) is 1. The first-order chi connectivity index (χ1) is 6.75. The van der Waals surface area contributed by atoms with Gasteiger partial charge in [0.15, 0.2) is 5.78 Å². The van der Waals surface area contributed by atoms with Gasteiger partial charge < -0.3 is 5.32 Å². The van der Waals surface area contributed by atoms with E-state index >= 15 is 0 Å². The molecule has 5 nitrogen and oxygen atoms in total. The molecule has 1 aliphatic heterocycles. The second-order valence-corrected chi connectivity index (χ2v) is 3.70. The predicted octanol–water partition coefficient (Wildman–Crippen LogP) is 0.140. The molecular formula is C9H14N4O. The Morgan fingerprint density at radius 3 is 3.21 bits per heavy atom. The summed E-state index contributed by atoms with van der Waals surface area (Å²) >= 11 is 0. The molecule has 0 spiro atoms. The fourth-order valence-electron chi connectivity index (χ4n) is 1.73. The summed E-state index contributed by atoms with van der Waals surface area (Å²) in [6, 6.07) is 0.338. The summed E-state index contributed by atoms with van der Waals surface area (Å²) in [5.41, 5.74) is 0.473. The Labute approximate surface area is 82.5 Å². The average molecular weight is 194 g/mol. The van der Waals surface area contributed by atoms with Crippen LogP contribution in [0.25, 0.3) is 0 Å². The van der Waals surface area contributed by atoms with Gasteiger partial charge in [-0.25, -0.2) is 0 Å². The van der Waals surface area contributed by atoms with E-state index in [0.717, 1.165) is 13.0 Å². The zero-order valence-corrected chi connectivity index (χ0v) is 8.23. The molecule has 5 heteroatoms. The average Bonchev–Trinajstić information content (AvgIpc) is 2.75. The zero-order valence-electron chi connectivity index (χ0n) is 8.23. The summed E-state index contributed by atoms with van der Waals surface area (Å²) in [6.45, 7) is 1.03. The van der Waals surface area contributed by atoms with Crippen LogP contribution in [0.1, 0.15) is 29.8 Å². The molecular weight excluding hydrogens is 180 g/mol. The van der Waals surface area contributed by atoms with Gasteiger partial charge >= 0.3 is 0 Å². The number of Topliss-reactive ketones (excluding diaryl/α,β-unsaturated/α-hetero) is 1. The number of rotatable bonds is 3. The highest BCUT2D eigenvalue weighted by molar-refractivity contribution is 5.94. The Hall–Kier alpha value is -1.23. The number of carbonyl (C=O) groups is 1. The standard InChI is InChI=1S/C9H14N4O/c1-13-6-8(11-12-13)9(14)5-7-3-2-4-10-7/h6-7,10H,2-5H2,1H3. The van der Waals surface area contributed by atoms with E-state index in [1.165, 1.54) is 6.42 Å². The van der Waals surface area contributed by atoms with E-state index in [1.807, 2.05) is 0 Å². The second kappa shape index (κ2) is 3.88. The highest BCUT2D eigenvalue weighted by atomic mass is 16.1. The van der Waals surface area contributed by atoms with Crippen LogP contribution in [0.4, 0.5) is 0 Å². The maximum atomic E-state index is 11.7. The molecule has 0 amide bonds. The van der Waals surface area contributed by atoms with Crippen molar-refractivity contribution in [1.82, 2.24) is 20.3 Å². The third-order valence-electron chi connectivity index (χ3n) is 2.48. The van der Waals surface area contributed by atoms with Crippen LogP contribution in [-0.2, 0) is 7.05 Å². The van der Waals surface area contributed by atoms with Gasteiger partial charge in [0, 0.05) is 19.5 Å². The summed E-state index contributed by atoms with van der Waals surface area (Å²) in [4.78, 5) is 11.7. The van der Waals surface area contributed by atoms with Crippen molar-refractivity contribution in [3.63, 3.8) is 0 Å². The topological polar surface area (TPSA) is 59.8 Å². The summed E-state index contributed by atoms with van der Waals surface area (Å²) in [5.74, 6) is 0.0810. The molecule has 1 aliphatic rings. The zero-order chi connectivity index (χ0) is 9.97. The Kier molecular flexibility index (Phi) is 2.58.